The molecule has 0 saturated heterocycles. The van der Waals surface area contributed by atoms with Gasteiger partial charge in [0, 0.05) is 10.0 Å². The summed E-state index contributed by atoms with van der Waals surface area (Å²) < 4.78 is 19.2. The normalized spacial score (nSPS) is 11.8. The molecule has 17 heavy (non-hydrogen) atoms. The van der Waals surface area contributed by atoms with Crippen molar-refractivity contribution in [3.63, 3.8) is 0 Å². The zero-order valence-corrected chi connectivity index (χ0v) is 11.9. The standard InChI is InChI=1S/C13H19BrFNO/c1-3-13(16,4-2)9-17-8-10-5-6-11(15)7-12(10)14/h5-7H,3-4,8-9,16H2,1-2H3. The molecule has 0 fully saturated rings. The zero-order valence-electron chi connectivity index (χ0n) is 10.3. The molecule has 0 bridgehead atoms. The average Bonchev–Trinajstić information content (AvgIpc) is 2.32. The van der Waals surface area contributed by atoms with E-state index in [1.807, 2.05) is 0 Å². The van der Waals surface area contributed by atoms with Crippen molar-refractivity contribution in [2.75, 3.05) is 6.61 Å². The van der Waals surface area contributed by atoms with Gasteiger partial charge in [-0.3, -0.25) is 0 Å². The zero-order chi connectivity index (χ0) is 12.9. The first-order chi connectivity index (χ1) is 8.00. The van der Waals surface area contributed by atoms with Gasteiger partial charge in [0.1, 0.15) is 5.82 Å². The predicted molar refractivity (Wildman–Crippen MR) is 71.3 cm³/mol. The predicted octanol–water partition coefficient (Wildman–Crippen LogP) is 3.62. The maximum Gasteiger partial charge on any atom is 0.124 e. The lowest BCUT2D eigenvalue weighted by atomic mass is 9.96. The fraction of sp³-hybridized carbons (Fsp3) is 0.538. The van der Waals surface area contributed by atoms with Crippen molar-refractivity contribution in [1.29, 1.82) is 0 Å². The first-order valence-corrected chi connectivity index (χ1v) is 6.60. The molecule has 0 unspecified atom stereocenters. The minimum absolute atomic E-state index is 0.254. The number of halogens is 2. The monoisotopic (exact) mass is 303 g/mol. The van der Waals surface area contributed by atoms with E-state index in [1.165, 1.54) is 12.1 Å². The van der Waals surface area contributed by atoms with Gasteiger partial charge in [-0.1, -0.05) is 35.8 Å². The van der Waals surface area contributed by atoms with E-state index in [-0.39, 0.29) is 11.4 Å². The molecule has 4 heteroatoms. The summed E-state index contributed by atoms with van der Waals surface area (Å²) in [5.41, 5.74) is 6.80. The van der Waals surface area contributed by atoms with E-state index in [2.05, 4.69) is 29.8 Å². The lowest BCUT2D eigenvalue weighted by Crippen LogP contribution is -2.43. The fourth-order valence-corrected chi connectivity index (χ4v) is 1.92. The van der Waals surface area contributed by atoms with Crippen LogP contribution in [0.5, 0.6) is 0 Å². The Morgan fingerprint density at radius 2 is 2.00 bits per heavy atom. The molecule has 2 N–H and O–H groups in total. The maximum absolute atomic E-state index is 12.9. The number of nitrogens with two attached hydrogens (primary N) is 1. The van der Waals surface area contributed by atoms with E-state index in [9.17, 15) is 4.39 Å². The highest BCUT2D eigenvalue weighted by molar-refractivity contribution is 9.10. The third kappa shape index (κ3) is 4.37. The van der Waals surface area contributed by atoms with Gasteiger partial charge in [-0.15, -0.1) is 0 Å². The van der Waals surface area contributed by atoms with Crippen LogP contribution in [0.2, 0.25) is 0 Å². The van der Waals surface area contributed by atoms with E-state index in [4.69, 9.17) is 10.5 Å². The molecule has 0 aromatic heterocycles. The minimum Gasteiger partial charge on any atom is -0.375 e. The molecule has 0 radical (unpaired) electrons. The Morgan fingerprint density at radius 3 is 2.53 bits per heavy atom. The number of benzene rings is 1. The third-order valence-corrected chi connectivity index (χ3v) is 3.81. The molecule has 0 aliphatic carbocycles. The van der Waals surface area contributed by atoms with Crippen LogP contribution in [0.4, 0.5) is 4.39 Å². The Bertz CT molecular complexity index is 366. The second-order valence-electron chi connectivity index (χ2n) is 4.30. The van der Waals surface area contributed by atoms with Gasteiger partial charge in [0.2, 0.25) is 0 Å². The van der Waals surface area contributed by atoms with Gasteiger partial charge in [0.05, 0.1) is 13.2 Å². The Morgan fingerprint density at radius 1 is 1.35 bits per heavy atom. The molecular weight excluding hydrogens is 285 g/mol. The first kappa shape index (κ1) is 14.6. The number of ether oxygens (including phenoxy) is 1. The van der Waals surface area contributed by atoms with Crippen LogP contribution in [0.3, 0.4) is 0 Å². The largest absolute Gasteiger partial charge is 0.375 e. The van der Waals surface area contributed by atoms with E-state index in [0.29, 0.717) is 13.2 Å². The molecule has 96 valence electrons. The molecule has 0 saturated carbocycles. The van der Waals surface area contributed by atoms with Crippen molar-refractivity contribution >= 4 is 15.9 Å². The molecule has 1 rings (SSSR count). The first-order valence-electron chi connectivity index (χ1n) is 5.81. The Balaban J connectivity index is 2.51. The van der Waals surface area contributed by atoms with Crippen LogP contribution in [-0.4, -0.2) is 12.1 Å². The molecular formula is C13H19BrFNO. The van der Waals surface area contributed by atoms with Crippen LogP contribution in [-0.2, 0) is 11.3 Å². The topological polar surface area (TPSA) is 35.2 Å². The molecule has 1 aromatic carbocycles. The van der Waals surface area contributed by atoms with E-state index < -0.39 is 0 Å². The van der Waals surface area contributed by atoms with Gasteiger partial charge in [-0.25, -0.2) is 4.39 Å². The second-order valence-corrected chi connectivity index (χ2v) is 5.15. The van der Waals surface area contributed by atoms with Crippen LogP contribution in [0.1, 0.15) is 32.3 Å². The smallest absolute Gasteiger partial charge is 0.124 e. The summed E-state index contributed by atoms with van der Waals surface area (Å²) in [5, 5.41) is 0. The van der Waals surface area contributed by atoms with Gasteiger partial charge in [-0.2, -0.15) is 0 Å². The number of hydrogen-bond donors (Lipinski definition) is 1. The van der Waals surface area contributed by atoms with Crippen molar-refractivity contribution in [2.45, 2.75) is 38.8 Å². The van der Waals surface area contributed by atoms with Crippen LogP contribution >= 0.6 is 15.9 Å². The van der Waals surface area contributed by atoms with Crippen LogP contribution in [0.25, 0.3) is 0 Å². The third-order valence-electron chi connectivity index (χ3n) is 3.07. The molecule has 0 aliphatic heterocycles. The molecule has 1 aromatic rings. The molecule has 0 heterocycles. The van der Waals surface area contributed by atoms with Crippen molar-refractivity contribution in [3.8, 4) is 0 Å². The highest BCUT2D eigenvalue weighted by Crippen LogP contribution is 2.20. The molecule has 0 atom stereocenters. The van der Waals surface area contributed by atoms with Crippen molar-refractivity contribution in [2.24, 2.45) is 5.73 Å². The van der Waals surface area contributed by atoms with Crippen molar-refractivity contribution < 1.29 is 9.13 Å². The summed E-state index contributed by atoms with van der Waals surface area (Å²) in [4.78, 5) is 0. The SMILES string of the molecule is CCC(N)(CC)COCc1ccc(F)cc1Br. The molecule has 2 nitrogen and oxygen atoms in total. The van der Waals surface area contributed by atoms with E-state index in [0.717, 1.165) is 22.9 Å². The van der Waals surface area contributed by atoms with Gasteiger partial charge < -0.3 is 10.5 Å². The quantitative estimate of drug-likeness (QED) is 0.871. The summed E-state index contributed by atoms with van der Waals surface area (Å²) >= 11 is 3.31. The number of hydrogen-bond acceptors (Lipinski definition) is 2. The second kappa shape index (κ2) is 6.47. The van der Waals surface area contributed by atoms with Crippen LogP contribution in [0, 0.1) is 5.82 Å². The highest BCUT2D eigenvalue weighted by Gasteiger charge is 2.20. The van der Waals surface area contributed by atoms with Gasteiger partial charge in [-0.05, 0) is 30.5 Å². The van der Waals surface area contributed by atoms with Crippen LogP contribution < -0.4 is 5.73 Å². The fourth-order valence-electron chi connectivity index (χ4n) is 1.46. The lowest BCUT2D eigenvalue weighted by Gasteiger charge is -2.26. The summed E-state index contributed by atoms with van der Waals surface area (Å²) in [6, 6.07) is 4.59. The Labute approximate surface area is 110 Å². The van der Waals surface area contributed by atoms with Crippen molar-refractivity contribution in [3.05, 3.63) is 34.1 Å². The van der Waals surface area contributed by atoms with Gasteiger partial charge >= 0.3 is 0 Å². The van der Waals surface area contributed by atoms with Crippen LogP contribution in [0.15, 0.2) is 22.7 Å². The van der Waals surface area contributed by atoms with Gasteiger partial charge in [0.15, 0.2) is 0 Å². The molecule has 0 amide bonds. The van der Waals surface area contributed by atoms with E-state index in [1.54, 1.807) is 6.07 Å². The minimum atomic E-state index is -0.257. The summed E-state index contributed by atoms with van der Waals surface area (Å²) in [5.74, 6) is -0.254. The highest BCUT2D eigenvalue weighted by atomic mass is 79.9. The summed E-state index contributed by atoms with van der Waals surface area (Å²) in [6.45, 7) is 5.07. The van der Waals surface area contributed by atoms with E-state index >= 15 is 0 Å². The summed E-state index contributed by atoms with van der Waals surface area (Å²) in [7, 11) is 0. The maximum atomic E-state index is 12.9. The Hall–Kier alpha value is -0.450. The van der Waals surface area contributed by atoms with Gasteiger partial charge in [0.25, 0.3) is 0 Å². The Kier molecular flexibility index (Phi) is 5.56. The molecule has 0 aliphatic rings. The molecule has 0 spiro atoms. The average molecular weight is 304 g/mol. The van der Waals surface area contributed by atoms with Crippen molar-refractivity contribution in [1.82, 2.24) is 0 Å². The number of rotatable bonds is 6. The lowest BCUT2D eigenvalue weighted by molar-refractivity contribution is 0.0693. The summed E-state index contributed by atoms with van der Waals surface area (Å²) in [6.07, 6.45) is 1.77.